The van der Waals surface area contributed by atoms with Crippen molar-refractivity contribution in [1.82, 2.24) is 0 Å². The van der Waals surface area contributed by atoms with Crippen LogP contribution in [0.1, 0.15) is 91.9 Å². The van der Waals surface area contributed by atoms with E-state index in [0.717, 1.165) is 27.6 Å². The molecule has 130 valence electrons. The van der Waals surface area contributed by atoms with E-state index in [1.165, 1.54) is 51.4 Å². The van der Waals surface area contributed by atoms with E-state index < -0.39 is 5.67 Å². The van der Waals surface area contributed by atoms with Crippen molar-refractivity contribution >= 4 is 22.6 Å². The van der Waals surface area contributed by atoms with Crippen LogP contribution in [0.15, 0.2) is 0 Å². The molecule has 0 heterocycles. The molecule has 0 N–H and O–H groups in total. The van der Waals surface area contributed by atoms with Gasteiger partial charge in [0.2, 0.25) is 0 Å². The maximum atomic E-state index is 13.6. The average molecular weight is 422 g/mol. The third-order valence-corrected chi connectivity index (χ3v) is 7.45. The Bertz CT molecular complexity index is 334. The van der Waals surface area contributed by atoms with Crippen molar-refractivity contribution in [3.63, 3.8) is 0 Å². The molecule has 0 saturated heterocycles. The summed E-state index contributed by atoms with van der Waals surface area (Å²) in [5, 5.41) is 0. The molecule has 2 rings (SSSR count). The maximum Gasteiger partial charge on any atom is 0.105 e. The minimum absolute atomic E-state index is 0.672. The molecule has 0 aromatic rings. The molecule has 0 spiro atoms. The normalized spacial score (nSPS) is 30.8. The monoisotopic (exact) mass is 422 g/mol. The summed E-state index contributed by atoms with van der Waals surface area (Å²) < 4.78 is 14.6. The van der Waals surface area contributed by atoms with Gasteiger partial charge < -0.3 is 0 Å². The third-order valence-electron chi connectivity index (χ3n) is 6.21. The second-order valence-electron chi connectivity index (χ2n) is 9.22. The molecule has 0 aromatic carbocycles. The van der Waals surface area contributed by atoms with Crippen molar-refractivity contribution in [1.29, 1.82) is 0 Å². The smallest absolute Gasteiger partial charge is 0.105 e. The highest BCUT2D eigenvalue weighted by Gasteiger charge is 2.49. The zero-order chi connectivity index (χ0) is 16.4. The standard InChI is InChI=1S/C20H36FI/c1-15(9-10-19(3,4)21)13-16(2)14-20(11-12-20)17-5-7-18(22)8-6-17/h15-18H,5-14H2,1-4H3/t15-,16?,17?,18?/m1/s1. The van der Waals surface area contributed by atoms with Crippen LogP contribution in [0.2, 0.25) is 0 Å². The van der Waals surface area contributed by atoms with Gasteiger partial charge in [0.15, 0.2) is 0 Å². The lowest BCUT2D eigenvalue weighted by atomic mass is 9.73. The van der Waals surface area contributed by atoms with E-state index in [0.29, 0.717) is 12.3 Å². The third kappa shape index (κ3) is 5.94. The first-order chi connectivity index (χ1) is 10.2. The van der Waals surface area contributed by atoms with Crippen LogP contribution in [-0.2, 0) is 0 Å². The predicted octanol–water partition coefficient (Wildman–Crippen LogP) is 7.34. The Morgan fingerprint density at radius 3 is 2.18 bits per heavy atom. The molecule has 2 heteroatoms. The minimum atomic E-state index is -0.993. The van der Waals surface area contributed by atoms with Crippen molar-refractivity contribution in [2.75, 3.05) is 0 Å². The largest absolute Gasteiger partial charge is 0.245 e. The Balaban J connectivity index is 1.73. The van der Waals surface area contributed by atoms with Crippen LogP contribution in [0.5, 0.6) is 0 Å². The highest BCUT2D eigenvalue weighted by Crippen LogP contribution is 2.60. The first kappa shape index (κ1) is 19.0. The molecule has 2 atom stereocenters. The second kappa shape index (κ2) is 7.70. The molecule has 0 aromatic heterocycles. The van der Waals surface area contributed by atoms with Crippen molar-refractivity contribution in [3.8, 4) is 0 Å². The van der Waals surface area contributed by atoms with Crippen LogP contribution in [0, 0.1) is 23.2 Å². The highest BCUT2D eigenvalue weighted by atomic mass is 127. The van der Waals surface area contributed by atoms with Gasteiger partial charge in [-0.2, -0.15) is 0 Å². The lowest BCUT2D eigenvalue weighted by Crippen LogP contribution is -2.25. The van der Waals surface area contributed by atoms with Gasteiger partial charge in [-0.3, -0.25) is 0 Å². The topological polar surface area (TPSA) is 0 Å². The molecule has 0 amide bonds. The molecule has 2 saturated carbocycles. The van der Waals surface area contributed by atoms with Crippen molar-refractivity contribution < 1.29 is 4.39 Å². The van der Waals surface area contributed by atoms with E-state index in [1.807, 2.05) is 0 Å². The summed E-state index contributed by atoms with van der Waals surface area (Å²) in [6, 6.07) is 0. The fourth-order valence-corrected chi connectivity index (χ4v) is 5.50. The van der Waals surface area contributed by atoms with Gasteiger partial charge in [0.25, 0.3) is 0 Å². The van der Waals surface area contributed by atoms with Crippen molar-refractivity contribution in [2.45, 2.75) is 101 Å². The van der Waals surface area contributed by atoms with Gasteiger partial charge in [-0.25, -0.2) is 4.39 Å². The second-order valence-corrected chi connectivity index (χ2v) is 11.0. The van der Waals surface area contributed by atoms with Crippen molar-refractivity contribution in [3.05, 3.63) is 0 Å². The Hall–Kier alpha value is 0.660. The number of halogens is 2. The van der Waals surface area contributed by atoms with Gasteiger partial charge in [-0.1, -0.05) is 36.4 Å². The molecule has 2 fully saturated rings. The average Bonchev–Trinajstić information content (AvgIpc) is 3.17. The molecule has 2 aliphatic carbocycles. The van der Waals surface area contributed by atoms with Crippen LogP contribution < -0.4 is 0 Å². The van der Waals surface area contributed by atoms with Gasteiger partial charge in [0.1, 0.15) is 5.67 Å². The molecule has 1 unspecified atom stereocenters. The van der Waals surface area contributed by atoms with Gasteiger partial charge in [0, 0.05) is 3.92 Å². The molecule has 0 radical (unpaired) electrons. The SMILES string of the molecule is CC(C[C@H](C)CCC(C)(C)F)CC1(C2CCC(I)CC2)CC1. The molecular formula is C20H36FI. The quantitative estimate of drug-likeness (QED) is 0.284. The summed E-state index contributed by atoms with van der Waals surface area (Å²) in [5.74, 6) is 2.50. The molecule has 0 bridgehead atoms. The van der Waals surface area contributed by atoms with E-state index in [9.17, 15) is 4.39 Å². The van der Waals surface area contributed by atoms with Gasteiger partial charge in [-0.15, -0.1) is 0 Å². The number of rotatable bonds is 8. The summed E-state index contributed by atoms with van der Waals surface area (Å²) in [7, 11) is 0. The lowest BCUT2D eigenvalue weighted by Gasteiger charge is -2.34. The lowest BCUT2D eigenvalue weighted by molar-refractivity contribution is 0.168. The summed E-state index contributed by atoms with van der Waals surface area (Å²) in [5.41, 5.74) is -0.275. The molecule has 0 nitrogen and oxygen atoms in total. The fourth-order valence-electron chi connectivity index (χ4n) is 4.78. The number of hydrogen-bond acceptors (Lipinski definition) is 0. The Kier molecular flexibility index (Phi) is 6.64. The first-order valence-corrected chi connectivity index (χ1v) is 10.8. The Morgan fingerprint density at radius 2 is 1.68 bits per heavy atom. The Morgan fingerprint density at radius 1 is 1.09 bits per heavy atom. The van der Waals surface area contributed by atoms with Gasteiger partial charge in [-0.05, 0) is 101 Å². The van der Waals surface area contributed by atoms with Crippen LogP contribution in [0.4, 0.5) is 4.39 Å². The highest BCUT2D eigenvalue weighted by molar-refractivity contribution is 14.1. The molecule has 22 heavy (non-hydrogen) atoms. The fraction of sp³-hybridized carbons (Fsp3) is 1.00. The van der Waals surface area contributed by atoms with E-state index in [4.69, 9.17) is 0 Å². The van der Waals surface area contributed by atoms with Crippen LogP contribution >= 0.6 is 22.6 Å². The summed E-state index contributed by atoms with van der Waals surface area (Å²) in [6.07, 6.45) is 13.3. The minimum Gasteiger partial charge on any atom is -0.245 e. The van der Waals surface area contributed by atoms with E-state index in [1.54, 1.807) is 13.8 Å². The zero-order valence-electron chi connectivity index (χ0n) is 15.1. The number of alkyl halides is 2. The molecule has 0 aliphatic heterocycles. The molecular weight excluding hydrogens is 386 g/mol. The summed E-state index contributed by atoms with van der Waals surface area (Å²) >= 11 is 2.64. The molecule has 2 aliphatic rings. The van der Waals surface area contributed by atoms with E-state index in [2.05, 4.69) is 36.4 Å². The first-order valence-electron chi connectivity index (χ1n) is 9.53. The van der Waals surface area contributed by atoms with E-state index >= 15 is 0 Å². The Labute approximate surface area is 151 Å². The maximum absolute atomic E-state index is 13.6. The summed E-state index contributed by atoms with van der Waals surface area (Å²) in [4.78, 5) is 0. The van der Waals surface area contributed by atoms with Crippen LogP contribution in [0.3, 0.4) is 0 Å². The van der Waals surface area contributed by atoms with Crippen LogP contribution in [-0.4, -0.2) is 9.59 Å². The van der Waals surface area contributed by atoms with E-state index in [-0.39, 0.29) is 0 Å². The van der Waals surface area contributed by atoms with Crippen molar-refractivity contribution in [2.24, 2.45) is 23.2 Å². The van der Waals surface area contributed by atoms with Gasteiger partial charge >= 0.3 is 0 Å². The number of hydrogen-bond donors (Lipinski definition) is 0. The summed E-state index contributed by atoms with van der Waals surface area (Å²) in [6.45, 7) is 8.20. The van der Waals surface area contributed by atoms with Gasteiger partial charge in [0.05, 0.1) is 0 Å². The van der Waals surface area contributed by atoms with Crippen LogP contribution in [0.25, 0.3) is 0 Å². The zero-order valence-corrected chi connectivity index (χ0v) is 17.3. The predicted molar refractivity (Wildman–Crippen MR) is 103 cm³/mol.